The van der Waals surface area contributed by atoms with Gasteiger partial charge in [0.2, 0.25) is 0 Å². The van der Waals surface area contributed by atoms with Crippen LogP contribution in [0, 0.1) is 13.8 Å². The molecule has 0 aromatic heterocycles. The number of hydrogen-bond acceptors (Lipinski definition) is 1. The first-order chi connectivity index (χ1) is 13.2. The average molecular weight is 378 g/mol. The van der Waals surface area contributed by atoms with E-state index in [-0.39, 0.29) is 0 Å². The van der Waals surface area contributed by atoms with Crippen LogP contribution in [0.3, 0.4) is 0 Å². The van der Waals surface area contributed by atoms with Crippen LogP contribution in [0.2, 0.25) is 0 Å². The molecule has 1 aromatic rings. The highest BCUT2D eigenvalue weighted by Gasteiger charge is 2.13. The van der Waals surface area contributed by atoms with E-state index in [1.807, 2.05) is 0 Å². The van der Waals surface area contributed by atoms with Gasteiger partial charge in [-0.05, 0) is 126 Å². The lowest BCUT2D eigenvalue weighted by atomic mass is 9.89. The summed E-state index contributed by atoms with van der Waals surface area (Å²) in [7, 11) is 0. The average Bonchev–Trinajstić information content (AvgIpc) is 3.13. The minimum Gasteiger partial charge on any atom is -0.303 e. The molecule has 0 aliphatic carbocycles. The number of likely N-dealkylation sites (tertiary alicyclic amines) is 1. The molecule has 0 atom stereocenters. The summed E-state index contributed by atoms with van der Waals surface area (Å²) in [4.78, 5) is 2.61. The summed E-state index contributed by atoms with van der Waals surface area (Å²) in [6.07, 6.45) is 7.39. The molecule has 1 aliphatic rings. The number of benzene rings is 1. The van der Waals surface area contributed by atoms with E-state index in [2.05, 4.69) is 77.8 Å². The van der Waals surface area contributed by atoms with Crippen LogP contribution in [0.25, 0.3) is 5.57 Å². The van der Waals surface area contributed by atoms with Gasteiger partial charge in [-0.1, -0.05) is 42.5 Å². The smallest absolute Gasteiger partial charge is 0.00156 e. The van der Waals surface area contributed by atoms with Crippen LogP contribution in [0.1, 0.15) is 69.2 Å². The Bertz CT molecular complexity index is 798. The molecule has 0 saturated carbocycles. The van der Waals surface area contributed by atoms with E-state index in [1.54, 1.807) is 0 Å². The predicted octanol–water partition coefficient (Wildman–Crippen LogP) is 7.20. The van der Waals surface area contributed by atoms with Crippen LogP contribution in [0.15, 0.2) is 53.7 Å². The summed E-state index contributed by atoms with van der Waals surface area (Å²) in [5.41, 5.74) is 11.6. The molecule has 1 aliphatic heterocycles. The maximum absolute atomic E-state index is 4.24. The lowest BCUT2D eigenvalue weighted by Gasteiger charge is -2.18. The lowest BCUT2D eigenvalue weighted by Crippen LogP contribution is -2.20. The minimum atomic E-state index is 1.11. The van der Waals surface area contributed by atoms with Crippen LogP contribution >= 0.6 is 0 Å². The quantitative estimate of drug-likeness (QED) is 0.433. The third-order valence-electron chi connectivity index (χ3n) is 6.10. The van der Waals surface area contributed by atoms with Crippen molar-refractivity contribution >= 4 is 5.57 Å². The van der Waals surface area contributed by atoms with Crippen LogP contribution < -0.4 is 0 Å². The maximum Gasteiger partial charge on any atom is -0.00156 e. The molecular weight excluding hydrogens is 338 g/mol. The fourth-order valence-corrected chi connectivity index (χ4v) is 4.11. The first kappa shape index (κ1) is 22.4. The van der Waals surface area contributed by atoms with E-state index in [0.29, 0.717) is 0 Å². The zero-order valence-corrected chi connectivity index (χ0v) is 19.0. The number of hydrogen-bond donors (Lipinski definition) is 0. The Labute approximate surface area is 173 Å². The number of aryl methyl sites for hydroxylation is 3. The molecule has 1 heterocycles. The second kappa shape index (κ2) is 10.1. The van der Waals surface area contributed by atoms with Crippen molar-refractivity contribution in [3.63, 3.8) is 0 Å². The highest BCUT2D eigenvalue weighted by molar-refractivity contribution is 5.76. The summed E-state index contributed by atoms with van der Waals surface area (Å²) in [5.74, 6) is 0. The van der Waals surface area contributed by atoms with Crippen molar-refractivity contribution in [2.45, 2.75) is 67.2 Å². The van der Waals surface area contributed by atoms with Crippen molar-refractivity contribution in [3.8, 4) is 0 Å². The van der Waals surface area contributed by atoms with Crippen molar-refractivity contribution in [2.75, 3.05) is 19.6 Å². The van der Waals surface area contributed by atoms with Crippen molar-refractivity contribution in [1.29, 1.82) is 0 Å². The van der Waals surface area contributed by atoms with Crippen molar-refractivity contribution in [3.05, 3.63) is 75.9 Å². The molecule has 0 radical (unpaired) electrons. The molecule has 1 nitrogen and oxygen atoms in total. The van der Waals surface area contributed by atoms with Crippen LogP contribution in [0.4, 0.5) is 0 Å². The molecule has 1 heteroatoms. The van der Waals surface area contributed by atoms with E-state index in [1.165, 1.54) is 77.9 Å². The Hall–Kier alpha value is -1.86. The van der Waals surface area contributed by atoms with E-state index >= 15 is 0 Å². The first-order valence-corrected chi connectivity index (χ1v) is 10.7. The molecule has 0 bridgehead atoms. The van der Waals surface area contributed by atoms with Gasteiger partial charge in [0.15, 0.2) is 0 Å². The number of allylic oxidation sites excluding steroid dienone is 6. The molecule has 0 amide bonds. The molecule has 152 valence electrons. The summed E-state index contributed by atoms with van der Waals surface area (Å²) in [5, 5.41) is 0. The first-order valence-electron chi connectivity index (χ1n) is 10.7. The molecule has 1 fully saturated rings. The van der Waals surface area contributed by atoms with Gasteiger partial charge in [0.1, 0.15) is 0 Å². The summed E-state index contributed by atoms with van der Waals surface area (Å²) in [6.45, 7) is 25.1. The Balaban J connectivity index is 2.32. The topological polar surface area (TPSA) is 3.24 Å². The van der Waals surface area contributed by atoms with Crippen molar-refractivity contribution < 1.29 is 0 Å². The number of rotatable bonds is 8. The maximum atomic E-state index is 4.24. The molecular formula is C27H39N. The van der Waals surface area contributed by atoms with Gasteiger partial charge in [0.05, 0.1) is 0 Å². The highest BCUT2D eigenvalue weighted by atomic mass is 15.1. The molecule has 2 rings (SSSR count). The summed E-state index contributed by atoms with van der Waals surface area (Å²) >= 11 is 0. The van der Waals surface area contributed by atoms with E-state index < -0.39 is 0 Å². The molecule has 1 saturated heterocycles. The Morgan fingerprint density at radius 2 is 1.61 bits per heavy atom. The Kier molecular flexibility index (Phi) is 8.07. The van der Waals surface area contributed by atoms with Crippen LogP contribution in [-0.4, -0.2) is 24.5 Å². The Morgan fingerprint density at radius 1 is 0.964 bits per heavy atom. The van der Waals surface area contributed by atoms with Gasteiger partial charge in [-0.25, -0.2) is 0 Å². The van der Waals surface area contributed by atoms with E-state index in [4.69, 9.17) is 0 Å². The standard InChI is InChI=1S/C27H39N/c1-19(2)21(5)17-26(20(3)4)24(8)27-18-25(22(6)16-23(27)7)12-11-15-28-13-9-10-14-28/h16-18H,1,3,9-15H2,2,4-8H3/b21-17+,26-24+. The van der Waals surface area contributed by atoms with Crippen molar-refractivity contribution in [2.24, 2.45) is 0 Å². The van der Waals surface area contributed by atoms with Gasteiger partial charge in [-0.15, -0.1) is 0 Å². The SMILES string of the molecule is C=C(C)/C(C)=C/C(C(=C)C)=C(/C)c1cc(CCCN2CCCC2)c(C)cc1C. The zero-order chi connectivity index (χ0) is 20.8. The fraction of sp³-hybridized carbons (Fsp3) is 0.481. The lowest BCUT2D eigenvalue weighted by molar-refractivity contribution is 0.334. The second-order valence-electron chi connectivity index (χ2n) is 8.67. The van der Waals surface area contributed by atoms with Gasteiger partial charge in [0, 0.05) is 0 Å². The third kappa shape index (κ3) is 5.82. The molecule has 0 N–H and O–H groups in total. The minimum absolute atomic E-state index is 1.11. The summed E-state index contributed by atoms with van der Waals surface area (Å²) < 4.78 is 0. The van der Waals surface area contributed by atoms with Gasteiger partial charge >= 0.3 is 0 Å². The third-order valence-corrected chi connectivity index (χ3v) is 6.10. The molecule has 0 spiro atoms. The fourth-order valence-electron chi connectivity index (χ4n) is 4.11. The summed E-state index contributed by atoms with van der Waals surface area (Å²) in [6, 6.07) is 4.78. The monoisotopic (exact) mass is 377 g/mol. The highest BCUT2D eigenvalue weighted by Crippen LogP contribution is 2.30. The van der Waals surface area contributed by atoms with Gasteiger partial charge in [-0.2, -0.15) is 0 Å². The van der Waals surface area contributed by atoms with E-state index in [9.17, 15) is 0 Å². The predicted molar refractivity (Wildman–Crippen MR) is 126 cm³/mol. The Morgan fingerprint density at radius 3 is 2.18 bits per heavy atom. The van der Waals surface area contributed by atoms with Gasteiger partial charge < -0.3 is 4.90 Å². The molecule has 0 unspecified atom stereocenters. The normalized spacial score (nSPS) is 16.3. The van der Waals surface area contributed by atoms with Crippen LogP contribution in [0.5, 0.6) is 0 Å². The van der Waals surface area contributed by atoms with Gasteiger partial charge in [0.25, 0.3) is 0 Å². The zero-order valence-electron chi connectivity index (χ0n) is 19.0. The second-order valence-corrected chi connectivity index (χ2v) is 8.67. The van der Waals surface area contributed by atoms with Gasteiger partial charge in [-0.3, -0.25) is 0 Å². The largest absolute Gasteiger partial charge is 0.303 e. The van der Waals surface area contributed by atoms with E-state index in [0.717, 1.165) is 17.6 Å². The van der Waals surface area contributed by atoms with Crippen molar-refractivity contribution in [1.82, 2.24) is 4.90 Å². The molecule has 28 heavy (non-hydrogen) atoms. The van der Waals surface area contributed by atoms with Crippen LogP contribution in [-0.2, 0) is 6.42 Å². The molecule has 1 aromatic carbocycles. The number of nitrogens with zero attached hydrogens (tertiary/aromatic N) is 1.